The average Bonchev–Trinajstić information content (AvgIpc) is 2.37. The first-order valence-electron chi connectivity index (χ1n) is 5.26. The lowest BCUT2D eigenvalue weighted by Crippen LogP contribution is -2.42. The van der Waals surface area contributed by atoms with Crippen molar-refractivity contribution in [2.24, 2.45) is 5.73 Å². The van der Waals surface area contributed by atoms with Gasteiger partial charge in [-0.15, -0.1) is 0 Å². The van der Waals surface area contributed by atoms with Crippen LogP contribution in [0.25, 0.3) is 0 Å². The van der Waals surface area contributed by atoms with E-state index in [0.29, 0.717) is 5.75 Å². The van der Waals surface area contributed by atoms with Crippen molar-refractivity contribution in [2.75, 3.05) is 12.3 Å². The minimum atomic E-state index is -0.558. The number of carbonyl (C=O) groups is 1. The highest BCUT2D eigenvalue weighted by atomic mass is 32.2. The second kappa shape index (κ2) is 7.71. The molecule has 0 aliphatic carbocycles. The molecule has 5 heteroatoms. The Kier molecular flexibility index (Phi) is 6.15. The van der Waals surface area contributed by atoms with Gasteiger partial charge in [-0.2, -0.15) is 17.0 Å². The Labute approximate surface area is 105 Å². The second-order valence-electron chi connectivity index (χ2n) is 3.48. The molecule has 1 aromatic rings. The molecule has 0 aliphatic rings. The maximum atomic E-state index is 11.3. The highest BCUT2D eigenvalue weighted by Crippen LogP contribution is 2.12. The number of benzene rings is 1. The Balaban J connectivity index is 2.22. The zero-order valence-electron chi connectivity index (χ0n) is 9.43. The number of thioether (sulfide) groups is 1. The van der Waals surface area contributed by atoms with E-state index in [-0.39, 0.29) is 12.5 Å². The van der Waals surface area contributed by atoms with Gasteiger partial charge in [-0.05, 0) is 5.56 Å². The minimum absolute atomic E-state index is 0.00981. The van der Waals surface area contributed by atoms with Crippen LogP contribution in [0.15, 0.2) is 30.3 Å². The number of rotatable bonds is 6. The molecule has 0 bridgehead atoms. The molecule has 0 heterocycles. The summed E-state index contributed by atoms with van der Waals surface area (Å²) in [6.45, 7) is 0.00981. The van der Waals surface area contributed by atoms with E-state index in [0.717, 1.165) is 5.75 Å². The Bertz CT molecular complexity index is 388. The number of amides is 1. The first-order chi connectivity index (χ1) is 8.24. The van der Waals surface area contributed by atoms with E-state index in [1.165, 1.54) is 5.56 Å². The van der Waals surface area contributed by atoms with E-state index in [9.17, 15) is 4.79 Å². The molecule has 4 nitrogen and oxygen atoms in total. The zero-order chi connectivity index (χ0) is 12.5. The fourth-order valence-electron chi connectivity index (χ4n) is 1.21. The summed E-state index contributed by atoms with van der Waals surface area (Å²) in [5.74, 6) is 1.11. The fraction of sp³-hybridized carbons (Fsp3) is 0.333. The molecule has 17 heavy (non-hydrogen) atoms. The Morgan fingerprint density at radius 2 is 2.18 bits per heavy atom. The molecular weight excluding hydrogens is 234 g/mol. The summed E-state index contributed by atoms with van der Waals surface area (Å²) in [7, 11) is 0. The molecule has 0 aliphatic heterocycles. The lowest BCUT2D eigenvalue weighted by molar-refractivity contribution is -0.121. The Morgan fingerprint density at radius 3 is 2.82 bits per heavy atom. The molecule has 90 valence electrons. The van der Waals surface area contributed by atoms with Gasteiger partial charge in [-0.3, -0.25) is 4.79 Å². The van der Waals surface area contributed by atoms with E-state index in [4.69, 9.17) is 11.0 Å². The van der Waals surface area contributed by atoms with Gasteiger partial charge in [0.25, 0.3) is 0 Å². The van der Waals surface area contributed by atoms with E-state index in [2.05, 4.69) is 5.32 Å². The van der Waals surface area contributed by atoms with Crippen LogP contribution in [0.1, 0.15) is 5.56 Å². The fourth-order valence-corrected chi connectivity index (χ4v) is 2.16. The van der Waals surface area contributed by atoms with Gasteiger partial charge in [-0.25, -0.2) is 0 Å². The number of nitriles is 1. The summed E-state index contributed by atoms with van der Waals surface area (Å²) >= 11 is 1.61. The molecule has 0 saturated heterocycles. The van der Waals surface area contributed by atoms with Crippen molar-refractivity contribution < 1.29 is 4.79 Å². The lowest BCUT2D eigenvalue weighted by Gasteiger charge is -2.10. The van der Waals surface area contributed by atoms with Crippen molar-refractivity contribution in [3.63, 3.8) is 0 Å². The smallest absolute Gasteiger partial charge is 0.238 e. The van der Waals surface area contributed by atoms with Gasteiger partial charge in [0.2, 0.25) is 5.91 Å². The van der Waals surface area contributed by atoms with E-state index in [1.54, 1.807) is 11.8 Å². The van der Waals surface area contributed by atoms with Crippen LogP contribution in [-0.2, 0) is 10.5 Å². The van der Waals surface area contributed by atoms with Gasteiger partial charge in [0, 0.05) is 11.5 Å². The Morgan fingerprint density at radius 1 is 1.47 bits per heavy atom. The number of hydrogen-bond acceptors (Lipinski definition) is 4. The lowest BCUT2D eigenvalue weighted by atomic mass is 10.2. The molecule has 1 rings (SSSR count). The SMILES string of the molecule is N#CCNC(=O)[C@@H](N)CSCc1ccccc1. The van der Waals surface area contributed by atoms with Gasteiger partial charge in [0.05, 0.1) is 12.1 Å². The molecule has 0 aromatic heterocycles. The van der Waals surface area contributed by atoms with Gasteiger partial charge in [0.15, 0.2) is 0 Å². The summed E-state index contributed by atoms with van der Waals surface area (Å²) < 4.78 is 0. The molecule has 0 spiro atoms. The third-order valence-electron chi connectivity index (χ3n) is 2.09. The van der Waals surface area contributed by atoms with Gasteiger partial charge in [-0.1, -0.05) is 30.3 Å². The van der Waals surface area contributed by atoms with Crippen molar-refractivity contribution >= 4 is 17.7 Å². The number of nitrogens with one attached hydrogen (secondary N) is 1. The predicted molar refractivity (Wildman–Crippen MR) is 69.2 cm³/mol. The highest BCUT2D eigenvalue weighted by molar-refractivity contribution is 7.98. The summed E-state index contributed by atoms with van der Waals surface area (Å²) in [6.07, 6.45) is 0. The van der Waals surface area contributed by atoms with Crippen molar-refractivity contribution in [1.82, 2.24) is 5.32 Å². The maximum Gasteiger partial charge on any atom is 0.238 e. The average molecular weight is 249 g/mol. The standard InChI is InChI=1S/C12H15N3OS/c13-6-7-15-12(16)11(14)9-17-8-10-4-2-1-3-5-10/h1-5,11H,7-9,14H2,(H,15,16)/t11-/m0/s1. The topological polar surface area (TPSA) is 78.9 Å². The quantitative estimate of drug-likeness (QED) is 0.734. The van der Waals surface area contributed by atoms with Gasteiger partial charge in [0.1, 0.15) is 6.54 Å². The van der Waals surface area contributed by atoms with Crippen molar-refractivity contribution in [3.05, 3.63) is 35.9 Å². The van der Waals surface area contributed by atoms with E-state index < -0.39 is 6.04 Å². The normalized spacial score (nSPS) is 11.5. The predicted octanol–water partition coefficient (Wildman–Crippen LogP) is 0.887. The van der Waals surface area contributed by atoms with Crippen molar-refractivity contribution in [2.45, 2.75) is 11.8 Å². The van der Waals surface area contributed by atoms with Crippen LogP contribution in [0.2, 0.25) is 0 Å². The summed E-state index contributed by atoms with van der Waals surface area (Å²) in [6, 6.07) is 11.3. The van der Waals surface area contributed by atoms with Crippen molar-refractivity contribution in [1.29, 1.82) is 5.26 Å². The van der Waals surface area contributed by atoms with E-state index >= 15 is 0 Å². The molecule has 1 amide bonds. The summed E-state index contributed by atoms with van der Waals surface area (Å²) in [5, 5.41) is 10.8. The van der Waals surface area contributed by atoms with E-state index in [1.807, 2.05) is 36.4 Å². The second-order valence-corrected chi connectivity index (χ2v) is 4.51. The molecule has 0 saturated carbocycles. The van der Waals surface area contributed by atoms with Crippen LogP contribution < -0.4 is 11.1 Å². The highest BCUT2D eigenvalue weighted by Gasteiger charge is 2.12. The van der Waals surface area contributed by atoms with Crippen LogP contribution in [0.3, 0.4) is 0 Å². The number of carbonyl (C=O) groups excluding carboxylic acids is 1. The monoisotopic (exact) mass is 249 g/mol. The van der Waals surface area contributed by atoms with Gasteiger partial charge < -0.3 is 11.1 Å². The molecular formula is C12H15N3OS. The molecule has 3 N–H and O–H groups in total. The molecule has 0 fully saturated rings. The largest absolute Gasteiger partial charge is 0.342 e. The zero-order valence-corrected chi connectivity index (χ0v) is 10.2. The maximum absolute atomic E-state index is 11.3. The summed E-state index contributed by atoms with van der Waals surface area (Å²) in [5.41, 5.74) is 6.89. The van der Waals surface area contributed by atoms with Crippen LogP contribution >= 0.6 is 11.8 Å². The molecule has 1 atom stereocenters. The third-order valence-corrected chi connectivity index (χ3v) is 3.22. The molecule has 0 unspecified atom stereocenters. The number of hydrogen-bond donors (Lipinski definition) is 2. The van der Waals surface area contributed by atoms with Crippen molar-refractivity contribution in [3.8, 4) is 6.07 Å². The minimum Gasteiger partial charge on any atom is -0.342 e. The molecule has 0 radical (unpaired) electrons. The van der Waals surface area contributed by atoms with Gasteiger partial charge >= 0.3 is 0 Å². The number of nitrogens with two attached hydrogens (primary N) is 1. The third kappa shape index (κ3) is 5.38. The molecule has 1 aromatic carbocycles. The first kappa shape index (κ1) is 13.6. The number of nitrogens with zero attached hydrogens (tertiary/aromatic N) is 1. The van der Waals surface area contributed by atoms with Crippen LogP contribution in [0.4, 0.5) is 0 Å². The van der Waals surface area contributed by atoms with Crippen LogP contribution in [0, 0.1) is 11.3 Å². The van der Waals surface area contributed by atoms with Crippen LogP contribution in [-0.4, -0.2) is 24.2 Å². The Hall–Kier alpha value is -1.51. The first-order valence-corrected chi connectivity index (χ1v) is 6.41. The van der Waals surface area contributed by atoms with Crippen LogP contribution in [0.5, 0.6) is 0 Å². The summed E-state index contributed by atoms with van der Waals surface area (Å²) in [4.78, 5) is 11.3.